The Balaban J connectivity index is 2.84. The number of hydrogen-bond donors (Lipinski definition) is 0. The third-order valence-electron chi connectivity index (χ3n) is 3.92. The molecule has 0 amide bonds. The molecule has 4 atom stereocenters. The molecule has 0 aromatic carbocycles. The number of hydrogen-bond acceptors (Lipinski definition) is 0. The van der Waals surface area contributed by atoms with Crippen LogP contribution in [-0.4, -0.2) is 0 Å². The van der Waals surface area contributed by atoms with Gasteiger partial charge in [-0.1, -0.05) is 46.3 Å². The van der Waals surface area contributed by atoms with Crippen LogP contribution in [0.15, 0.2) is 11.6 Å². The lowest BCUT2D eigenvalue weighted by molar-refractivity contribution is 0.235. The zero-order chi connectivity index (χ0) is 9.30. The lowest BCUT2D eigenvalue weighted by Crippen LogP contribution is -2.27. The maximum Gasteiger partial charge on any atom is -0.0203 e. The van der Waals surface area contributed by atoms with E-state index in [1.807, 2.05) is 0 Å². The highest BCUT2D eigenvalue weighted by Crippen LogP contribution is 2.38. The molecule has 0 saturated heterocycles. The molecular formula is C12H22. The lowest BCUT2D eigenvalue weighted by atomic mass is 9.69. The van der Waals surface area contributed by atoms with E-state index in [0.29, 0.717) is 0 Å². The first kappa shape index (κ1) is 9.83. The Labute approximate surface area is 77.1 Å². The van der Waals surface area contributed by atoms with Gasteiger partial charge in [-0.25, -0.2) is 0 Å². The van der Waals surface area contributed by atoms with Crippen LogP contribution in [0.4, 0.5) is 0 Å². The molecule has 0 saturated carbocycles. The van der Waals surface area contributed by atoms with Crippen molar-refractivity contribution in [2.24, 2.45) is 23.7 Å². The molecule has 0 N–H and O–H groups in total. The van der Waals surface area contributed by atoms with Crippen molar-refractivity contribution >= 4 is 0 Å². The molecular weight excluding hydrogens is 144 g/mol. The highest BCUT2D eigenvalue weighted by molar-refractivity contribution is 5.13. The quantitative estimate of drug-likeness (QED) is 0.519. The van der Waals surface area contributed by atoms with E-state index in [0.717, 1.165) is 23.7 Å². The van der Waals surface area contributed by atoms with Crippen molar-refractivity contribution in [3.05, 3.63) is 11.6 Å². The van der Waals surface area contributed by atoms with Crippen LogP contribution in [0.1, 0.15) is 41.0 Å². The molecule has 0 nitrogen and oxygen atoms in total. The molecule has 0 spiro atoms. The second kappa shape index (κ2) is 3.64. The second-order valence-corrected chi connectivity index (χ2v) is 4.46. The minimum absolute atomic E-state index is 0.783. The van der Waals surface area contributed by atoms with Crippen molar-refractivity contribution in [3.63, 3.8) is 0 Å². The van der Waals surface area contributed by atoms with Gasteiger partial charge in [0.2, 0.25) is 0 Å². The summed E-state index contributed by atoms with van der Waals surface area (Å²) in [5, 5.41) is 0. The summed E-state index contributed by atoms with van der Waals surface area (Å²) in [5.41, 5.74) is 1.67. The first-order valence-electron chi connectivity index (χ1n) is 5.28. The van der Waals surface area contributed by atoms with Crippen molar-refractivity contribution in [2.45, 2.75) is 41.0 Å². The van der Waals surface area contributed by atoms with Gasteiger partial charge in [0.1, 0.15) is 0 Å². The van der Waals surface area contributed by atoms with Crippen molar-refractivity contribution < 1.29 is 0 Å². The summed E-state index contributed by atoms with van der Waals surface area (Å²) in [6.45, 7) is 11.8. The molecule has 0 radical (unpaired) electrons. The Morgan fingerprint density at radius 3 is 2.17 bits per heavy atom. The molecule has 1 aliphatic rings. The van der Waals surface area contributed by atoms with E-state index in [4.69, 9.17) is 0 Å². The van der Waals surface area contributed by atoms with Gasteiger partial charge in [-0.05, 0) is 30.1 Å². The zero-order valence-electron chi connectivity index (χ0n) is 9.09. The zero-order valence-corrected chi connectivity index (χ0v) is 9.09. The number of rotatable bonds is 1. The third kappa shape index (κ3) is 1.57. The van der Waals surface area contributed by atoms with Crippen molar-refractivity contribution in [3.8, 4) is 0 Å². The molecule has 0 aromatic rings. The maximum atomic E-state index is 2.50. The Morgan fingerprint density at radius 1 is 1.08 bits per heavy atom. The summed E-state index contributed by atoms with van der Waals surface area (Å²) in [5.74, 6) is 3.31. The molecule has 0 heteroatoms. The smallest absolute Gasteiger partial charge is 0.0203 e. The average molecular weight is 166 g/mol. The van der Waals surface area contributed by atoms with Crippen LogP contribution in [-0.2, 0) is 0 Å². The molecule has 0 aliphatic heterocycles. The van der Waals surface area contributed by atoms with E-state index in [9.17, 15) is 0 Å². The second-order valence-electron chi connectivity index (χ2n) is 4.46. The van der Waals surface area contributed by atoms with E-state index < -0.39 is 0 Å². The summed E-state index contributed by atoms with van der Waals surface area (Å²) in [6.07, 6.45) is 3.73. The topological polar surface area (TPSA) is 0 Å². The fraction of sp³-hybridized carbons (Fsp3) is 0.833. The third-order valence-corrected chi connectivity index (χ3v) is 3.92. The molecule has 0 fully saturated rings. The summed E-state index contributed by atoms with van der Waals surface area (Å²) in [4.78, 5) is 0. The van der Waals surface area contributed by atoms with E-state index in [2.05, 4.69) is 40.7 Å². The maximum absolute atomic E-state index is 2.50. The monoisotopic (exact) mass is 166 g/mol. The van der Waals surface area contributed by atoms with Crippen LogP contribution < -0.4 is 0 Å². The van der Waals surface area contributed by atoms with Gasteiger partial charge < -0.3 is 0 Å². The normalized spacial score (nSPS) is 42.6. The largest absolute Gasteiger partial charge is 0.0819 e. The van der Waals surface area contributed by atoms with Crippen molar-refractivity contribution in [2.75, 3.05) is 0 Å². The highest BCUT2D eigenvalue weighted by Gasteiger charge is 2.28. The van der Waals surface area contributed by atoms with Gasteiger partial charge >= 0.3 is 0 Å². The predicted molar refractivity (Wildman–Crippen MR) is 55.0 cm³/mol. The van der Waals surface area contributed by atoms with E-state index in [-0.39, 0.29) is 0 Å². The van der Waals surface area contributed by atoms with Gasteiger partial charge in [-0.2, -0.15) is 0 Å². The Hall–Kier alpha value is -0.260. The SMILES string of the molecule is CCC1=C[C@@H](C)[C@H](C)[C@@H](C)[C@@H]1C. The summed E-state index contributed by atoms with van der Waals surface area (Å²) < 4.78 is 0. The van der Waals surface area contributed by atoms with Gasteiger partial charge in [-0.3, -0.25) is 0 Å². The van der Waals surface area contributed by atoms with Gasteiger partial charge in [-0.15, -0.1) is 0 Å². The van der Waals surface area contributed by atoms with Crippen molar-refractivity contribution in [1.82, 2.24) is 0 Å². The standard InChI is InChI=1S/C12H22/c1-6-12-7-8(2)9(3)10(4)11(12)5/h7-11H,6H2,1-5H3/t8-,9+,10-,11+/m1/s1. The van der Waals surface area contributed by atoms with Crippen molar-refractivity contribution in [1.29, 1.82) is 0 Å². The van der Waals surface area contributed by atoms with E-state index >= 15 is 0 Å². The summed E-state index contributed by atoms with van der Waals surface area (Å²) in [6, 6.07) is 0. The molecule has 12 heavy (non-hydrogen) atoms. The molecule has 70 valence electrons. The minimum Gasteiger partial charge on any atom is -0.0819 e. The molecule has 0 aromatic heterocycles. The molecule has 0 unspecified atom stereocenters. The summed E-state index contributed by atoms with van der Waals surface area (Å²) >= 11 is 0. The molecule has 0 heterocycles. The van der Waals surface area contributed by atoms with Gasteiger partial charge in [0, 0.05) is 0 Å². The first-order valence-corrected chi connectivity index (χ1v) is 5.28. The molecule has 1 aliphatic carbocycles. The predicted octanol–water partition coefficient (Wildman–Crippen LogP) is 3.88. The van der Waals surface area contributed by atoms with E-state index in [1.54, 1.807) is 5.57 Å². The lowest BCUT2D eigenvalue weighted by Gasteiger charge is -2.36. The fourth-order valence-electron chi connectivity index (χ4n) is 2.35. The van der Waals surface area contributed by atoms with Gasteiger partial charge in [0.25, 0.3) is 0 Å². The molecule has 1 rings (SSSR count). The van der Waals surface area contributed by atoms with Crippen LogP contribution in [0.3, 0.4) is 0 Å². The first-order chi connectivity index (χ1) is 5.57. The highest BCUT2D eigenvalue weighted by atomic mass is 14.3. The van der Waals surface area contributed by atoms with E-state index in [1.165, 1.54) is 6.42 Å². The fourth-order valence-corrected chi connectivity index (χ4v) is 2.35. The molecule has 0 bridgehead atoms. The Morgan fingerprint density at radius 2 is 1.67 bits per heavy atom. The van der Waals surface area contributed by atoms with Gasteiger partial charge in [0.15, 0.2) is 0 Å². The minimum atomic E-state index is 0.783. The number of allylic oxidation sites excluding steroid dienone is 2. The Bertz CT molecular complexity index is 178. The van der Waals surface area contributed by atoms with Crippen LogP contribution >= 0.6 is 0 Å². The van der Waals surface area contributed by atoms with Crippen LogP contribution in [0.25, 0.3) is 0 Å². The van der Waals surface area contributed by atoms with Crippen LogP contribution in [0.2, 0.25) is 0 Å². The van der Waals surface area contributed by atoms with Gasteiger partial charge in [0.05, 0.1) is 0 Å². The van der Waals surface area contributed by atoms with Crippen LogP contribution in [0, 0.1) is 23.7 Å². The average Bonchev–Trinajstić information content (AvgIpc) is 2.08. The van der Waals surface area contributed by atoms with Crippen LogP contribution in [0.5, 0.6) is 0 Å². The summed E-state index contributed by atoms with van der Waals surface area (Å²) in [7, 11) is 0. The Kier molecular flexibility index (Phi) is 2.98.